The van der Waals surface area contributed by atoms with Crippen LogP contribution in [0.15, 0.2) is 30.9 Å². The Balaban J connectivity index is 1.62. The molecule has 0 aromatic heterocycles. The van der Waals surface area contributed by atoms with Crippen LogP contribution in [0.4, 0.5) is 5.69 Å². The minimum Gasteiger partial charge on any atom is -0.486 e. The summed E-state index contributed by atoms with van der Waals surface area (Å²) in [6, 6.07) is 5.23. The van der Waals surface area contributed by atoms with Crippen molar-refractivity contribution in [2.24, 2.45) is 5.92 Å². The molecule has 0 bridgehead atoms. The minimum atomic E-state index is -0.934. The summed E-state index contributed by atoms with van der Waals surface area (Å²) in [6.45, 7) is 6.42. The maximum atomic E-state index is 12.4. The van der Waals surface area contributed by atoms with Gasteiger partial charge in [-0.25, -0.2) is 0 Å². The summed E-state index contributed by atoms with van der Waals surface area (Å²) in [7, 11) is 0. The second-order valence-electron chi connectivity index (χ2n) is 6.35. The van der Waals surface area contributed by atoms with Gasteiger partial charge in [-0.2, -0.15) is 0 Å². The van der Waals surface area contributed by atoms with Crippen LogP contribution in [0.25, 0.3) is 0 Å². The first-order valence-electron chi connectivity index (χ1n) is 8.78. The van der Waals surface area contributed by atoms with Gasteiger partial charge in [0.1, 0.15) is 13.2 Å². The van der Waals surface area contributed by atoms with Crippen molar-refractivity contribution in [3.05, 3.63) is 30.9 Å². The summed E-state index contributed by atoms with van der Waals surface area (Å²) in [4.78, 5) is 38.0. The van der Waals surface area contributed by atoms with Crippen molar-refractivity contribution in [3.8, 4) is 11.5 Å². The zero-order valence-corrected chi connectivity index (χ0v) is 15.1. The number of ether oxygens (including phenoxy) is 3. The summed E-state index contributed by atoms with van der Waals surface area (Å²) in [5.74, 6) is -0.573. The van der Waals surface area contributed by atoms with Crippen LogP contribution in [0.1, 0.15) is 13.3 Å². The molecule has 2 aliphatic heterocycles. The van der Waals surface area contributed by atoms with Gasteiger partial charge >= 0.3 is 5.97 Å². The molecule has 1 N–H and O–H groups in total. The molecule has 0 radical (unpaired) electrons. The first-order valence-corrected chi connectivity index (χ1v) is 8.78. The number of nitrogens with one attached hydrogen (secondary N) is 1. The van der Waals surface area contributed by atoms with E-state index in [1.807, 2.05) is 0 Å². The Hall–Kier alpha value is -3.03. The van der Waals surface area contributed by atoms with Gasteiger partial charge < -0.3 is 24.4 Å². The molecule has 2 amide bonds. The van der Waals surface area contributed by atoms with Crippen molar-refractivity contribution in [2.45, 2.75) is 19.4 Å². The van der Waals surface area contributed by atoms with Crippen LogP contribution in [-0.4, -0.2) is 50.2 Å². The smallest absolute Gasteiger partial charge is 0.312 e. The molecule has 1 saturated heterocycles. The Kier molecular flexibility index (Phi) is 5.63. The fourth-order valence-electron chi connectivity index (χ4n) is 2.96. The number of esters is 1. The molecule has 3 rings (SSSR count). The molecule has 1 aromatic rings. The van der Waals surface area contributed by atoms with Gasteiger partial charge in [0.2, 0.25) is 5.91 Å². The van der Waals surface area contributed by atoms with E-state index in [9.17, 15) is 14.4 Å². The maximum Gasteiger partial charge on any atom is 0.312 e. The molecule has 8 nitrogen and oxygen atoms in total. The highest BCUT2D eigenvalue weighted by Gasteiger charge is 2.37. The molecular formula is C19H22N2O6. The number of amides is 2. The second kappa shape index (κ2) is 8.11. The molecule has 2 aliphatic rings. The molecule has 0 saturated carbocycles. The quantitative estimate of drug-likeness (QED) is 0.591. The molecule has 27 heavy (non-hydrogen) atoms. The first-order chi connectivity index (χ1) is 13.0. The zero-order chi connectivity index (χ0) is 19.4. The van der Waals surface area contributed by atoms with Crippen molar-refractivity contribution in [2.75, 3.05) is 31.2 Å². The van der Waals surface area contributed by atoms with Gasteiger partial charge in [-0.1, -0.05) is 6.08 Å². The summed E-state index contributed by atoms with van der Waals surface area (Å²) in [5.41, 5.74) is 0.635. The molecule has 1 fully saturated rings. The Morgan fingerprint density at radius 3 is 2.85 bits per heavy atom. The van der Waals surface area contributed by atoms with E-state index in [0.29, 0.717) is 36.9 Å². The van der Waals surface area contributed by atoms with Gasteiger partial charge in [-0.15, -0.1) is 6.58 Å². The van der Waals surface area contributed by atoms with Gasteiger partial charge in [0.15, 0.2) is 17.6 Å². The van der Waals surface area contributed by atoms with E-state index in [2.05, 4.69) is 11.9 Å². The number of nitrogens with zero attached hydrogens (tertiary/aromatic N) is 1. The number of rotatable bonds is 6. The molecule has 0 unspecified atom stereocenters. The van der Waals surface area contributed by atoms with Gasteiger partial charge in [-0.05, 0) is 19.1 Å². The standard InChI is InChI=1S/C19H22N2O6/c1-3-6-20-18(23)12(2)27-19(24)13-9-17(22)21(11-13)14-4-5-15-16(10-14)26-8-7-25-15/h3-5,10,12-13H,1,6-9,11H2,2H3,(H,20,23)/t12-,13+/m1/s1. The van der Waals surface area contributed by atoms with Crippen LogP contribution in [0, 0.1) is 5.92 Å². The Morgan fingerprint density at radius 2 is 2.11 bits per heavy atom. The van der Waals surface area contributed by atoms with Crippen molar-refractivity contribution >= 4 is 23.5 Å². The highest BCUT2D eigenvalue weighted by atomic mass is 16.6. The van der Waals surface area contributed by atoms with Crippen LogP contribution in [0.2, 0.25) is 0 Å². The average Bonchev–Trinajstić information content (AvgIpc) is 3.07. The Morgan fingerprint density at radius 1 is 1.37 bits per heavy atom. The molecular weight excluding hydrogens is 352 g/mol. The normalized spacial score (nSPS) is 19.4. The van der Waals surface area contributed by atoms with Crippen LogP contribution in [0.3, 0.4) is 0 Å². The fraction of sp³-hybridized carbons (Fsp3) is 0.421. The first kappa shape index (κ1) is 18.8. The van der Waals surface area contributed by atoms with Gasteiger partial charge in [0.05, 0.1) is 5.92 Å². The predicted molar refractivity (Wildman–Crippen MR) is 96.7 cm³/mol. The molecule has 0 spiro atoms. The van der Waals surface area contributed by atoms with Crippen molar-refractivity contribution in [3.63, 3.8) is 0 Å². The van der Waals surface area contributed by atoms with E-state index in [4.69, 9.17) is 14.2 Å². The molecule has 8 heteroatoms. The van der Waals surface area contributed by atoms with E-state index >= 15 is 0 Å². The lowest BCUT2D eigenvalue weighted by Gasteiger charge is -2.22. The van der Waals surface area contributed by atoms with Crippen LogP contribution < -0.4 is 19.7 Å². The third-order valence-electron chi connectivity index (χ3n) is 4.38. The summed E-state index contributed by atoms with van der Waals surface area (Å²) in [6.07, 6.45) is 0.637. The topological polar surface area (TPSA) is 94.2 Å². The number of benzene rings is 1. The summed E-state index contributed by atoms with van der Waals surface area (Å²) < 4.78 is 16.2. The van der Waals surface area contributed by atoms with Crippen LogP contribution >= 0.6 is 0 Å². The number of carbonyl (C=O) groups is 3. The van der Waals surface area contributed by atoms with E-state index in [0.717, 1.165) is 0 Å². The lowest BCUT2D eigenvalue weighted by Crippen LogP contribution is -2.37. The number of fused-ring (bicyclic) bond motifs is 1. The number of carbonyl (C=O) groups excluding carboxylic acids is 3. The van der Waals surface area contributed by atoms with E-state index in [-0.39, 0.29) is 18.9 Å². The largest absolute Gasteiger partial charge is 0.486 e. The molecule has 2 atom stereocenters. The predicted octanol–water partition coefficient (Wildman–Crippen LogP) is 1.04. The monoisotopic (exact) mass is 374 g/mol. The highest BCUT2D eigenvalue weighted by Crippen LogP contribution is 2.36. The number of hydrogen-bond acceptors (Lipinski definition) is 6. The van der Waals surface area contributed by atoms with E-state index in [1.165, 1.54) is 17.9 Å². The number of anilines is 1. The minimum absolute atomic E-state index is 0.0360. The van der Waals surface area contributed by atoms with Crippen molar-refractivity contribution < 1.29 is 28.6 Å². The SMILES string of the molecule is C=CCNC(=O)[C@@H](C)OC(=O)[C@H]1CC(=O)N(c2ccc3c(c2)OCCO3)C1. The Labute approximate surface area is 157 Å². The van der Waals surface area contributed by atoms with Gasteiger partial charge in [-0.3, -0.25) is 14.4 Å². The van der Waals surface area contributed by atoms with E-state index in [1.54, 1.807) is 18.2 Å². The van der Waals surface area contributed by atoms with Crippen LogP contribution in [-0.2, 0) is 19.1 Å². The molecule has 1 aromatic carbocycles. The fourth-order valence-corrected chi connectivity index (χ4v) is 2.96. The lowest BCUT2D eigenvalue weighted by molar-refractivity contribution is -0.158. The molecule has 2 heterocycles. The number of hydrogen-bond donors (Lipinski definition) is 1. The zero-order valence-electron chi connectivity index (χ0n) is 15.1. The van der Waals surface area contributed by atoms with Crippen LogP contribution in [0.5, 0.6) is 11.5 Å². The van der Waals surface area contributed by atoms with E-state index < -0.39 is 23.9 Å². The van der Waals surface area contributed by atoms with Crippen molar-refractivity contribution in [1.29, 1.82) is 0 Å². The van der Waals surface area contributed by atoms with Gasteiger partial charge in [0.25, 0.3) is 5.91 Å². The average molecular weight is 374 g/mol. The van der Waals surface area contributed by atoms with Gasteiger partial charge in [0, 0.05) is 31.3 Å². The maximum absolute atomic E-state index is 12.4. The summed E-state index contributed by atoms with van der Waals surface area (Å²) in [5, 5.41) is 2.56. The summed E-state index contributed by atoms with van der Waals surface area (Å²) >= 11 is 0. The Bertz CT molecular complexity index is 763. The third-order valence-corrected chi connectivity index (χ3v) is 4.38. The molecule has 0 aliphatic carbocycles. The lowest BCUT2D eigenvalue weighted by atomic mass is 10.1. The van der Waals surface area contributed by atoms with Crippen molar-refractivity contribution in [1.82, 2.24) is 5.32 Å². The second-order valence-corrected chi connectivity index (χ2v) is 6.35. The highest BCUT2D eigenvalue weighted by molar-refractivity contribution is 6.00. The molecule has 144 valence electrons. The third kappa shape index (κ3) is 4.21.